The number of nitrogens with two attached hydrogens (primary N) is 1. The van der Waals surface area contributed by atoms with Crippen molar-refractivity contribution in [2.45, 2.75) is 25.7 Å². The number of ether oxygens (including phenoxy) is 2. The van der Waals surface area contributed by atoms with Crippen LogP contribution in [0.5, 0.6) is 0 Å². The van der Waals surface area contributed by atoms with Gasteiger partial charge in [0.05, 0.1) is 5.56 Å². The van der Waals surface area contributed by atoms with Gasteiger partial charge in [-0.05, 0) is 35.2 Å². The van der Waals surface area contributed by atoms with Crippen LogP contribution in [0.25, 0.3) is 0 Å². The predicted octanol–water partition coefficient (Wildman–Crippen LogP) is 3.66. The molecule has 3 aromatic carbocycles. The van der Waals surface area contributed by atoms with Gasteiger partial charge in [-0.1, -0.05) is 72.8 Å². The van der Waals surface area contributed by atoms with E-state index < -0.39 is 18.0 Å². The molecule has 0 heterocycles. The molecule has 0 spiro atoms. The molecule has 3 aromatic rings. The van der Waals surface area contributed by atoms with Crippen molar-refractivity contribution in [1.82, 2.24) is 0 Å². The maximum atomic E-state index is 12.2. The number of benzene rings is 3. The fourth-order valence-electron chi connectivity index (χ4n) is 2.76. The zero-order valence-electron chi connectivity index (χ0n) is 16.0. The van der Waals surface area contributed by atoms with Gasteiger partial charge in [-0.25, -0.2) is 4.79 Å². The van der Waals surface area contributed by atoms with Gasteiger partial charge in [-0.15, -0.1) is 0 Å². The third-order valence-electron chi connectivity index (χ3n) is 4.38. The van der Waals surface area contributed by atoms with E-state index in [1.165, 1.54) is 0 Å². The molecule has 0 amide bonds. The van der Waals surface area contributed by atoms with Gasteiger partial charge in [0.15, 0.2) is 0 Å². The predicted molar refractivity (Wildman–Crippen MR) is 110 cm³/mol. The molecule has 5 nitrogen and oxygen atoms in total. The van der Waals surface area contributed by atoms with Crippen molar-refractivity contribution in [2.24, 2.45) is 5.73 Å². The summed E-state index contributed by atoms with van der Waals surface area (Å²) in [5.41, 5.74) is 9.08. The third-order valence-corrected chi connectivity index (χ3v) is 4.38. The molecule has 0 saturated heterocycles. The molecule has 2 N–H and O–H groups in total. The molecule has 0 aliphatic carbocycles. The van der Waals surface area contributed by atoms with Crippen LogP contribution in [0.2, 0.25) is 0 Å². The van der Waals surface area contributed by atoms with E-state index in [1.54, 1.807) is 24.3 Å². The summed E-state index contributed by atoms with van der Waals surface area (Å²) in [7, 11) is 0. The van der Waals surface area contributed by atoms with E-state index in [-0.39, 0.29) is 13.2 Å². The topological polar surface area (TPSA) is 78.6 Å². The van der Waals surface area contributed by atoms with Gasteiger partial charge in [0.1, 0.15) is 19.3 Å². The fourth-order valence-corrected chi connectivity index (χ4v) is 2.76. The Morgan fingerprint density at radius 1 is 0.690 bits per heavy atom. The van der Waals surface area contributed by atoms with E-state index >= 15 is 0 Å². The third kappa shape index (κ3) is 6.30. The summed E-state index contributed by atoms with van der Waals surface area (Å²) in [6.07, 6.45) is 0.326. The summed E-state index contributed by atoms with van der Waals surface area (Å²) in [5.74, 6) is -0.854. The second-order valence-electron chi connectivity index (χ2n) is 6.66. The van der Waals surface area contributed by atoms with Gasteiger partial charge in [0, 0.05) is 0 Å². The van der Waals surface area contributed by atoms with Gasteiger partial charge >= 0.3 is 11.9 Å². The lowest BCUT2D eigenvalue weighted by Gasteiger charge is -2.12. The first-order valence-corrected chi connectivity index (χ1v) is 9.38. The van der Waals surface area contributed by atoms with Crippen LogP contribution in [-0.2, 0) is 33.9 Å². The lowest BCUT2D eigenvalue weighted by atomic mass is 10.0. The molecular weight excluding hydrogens is 366 g/mol. The Bertz CT molecular complexity index is 924. The van der Waals surface area contributed by atoms with Crippen LogP contribution >= 0.6 is 0 Å². The minimum Gasteiger partial charge on any atom is -0.460 e. The minimum absolute atomic E-state index is 0.194. The van der Waals surface area contributed by atoms with Crippen LogP contribution in [0.4, 0.5) is 0 Å². The number of esters is 2. The molecule has 0 fully saturated rings. The lowest BCUT2D eigenvalue weighted by Crippen LogP contribution is -2.34. The van der Waals surface area contributed by atoms with E-state index in [0.717, 1.165) is 16.7 Å². The molecule has 0 aromatic heterocycles. The Hall–Kier alpha value is -3.44. The Morgan fingerprint density at radius 3 is 1.76 bits per heavy atom. The molecule has 1 atom stereocenters. The Balaban J connectivity index is 1.47. The van der Waals surface area contributed by atoms with Crippen molar-refractivity contribution in [3.05, 3.63) is 107 Å². The summed E-state index contributed by atoms with van der Waals surface area (Å²) in [5, 5.41) is 0. The smallest absolute Gasteiger partial charge is 0.338 e. The Morgan fingerprint density at radius 2 is 1.21 bits per heavy atom. The summed E-state index contributed by atoms with van der Waals surface area (Å²) in [6, 6.07) is 25.0. The summed E-state index contributed by atoms with van der Waals surface area (Å²) in [4.78, 5) is 24.3. The van der Waals surface area contributed by atoms with Crippen LogP contribution in [-0.4, -0.2) is 18.0 Å². The van der Waals surface area contributed by atoms with Crippen molar-refractivity contribution in [3.8, 4) is 0 Å². The number of carbonyl (C=O) groups excluding carboxylic acids is 2. The normalized spacial score (nSPS) is 11.5. The summed E-state index contributed by atoms with van der Waals surface area (Å²) in [6.45, 7) is 0.416. The molecule has 0 aliphatic rings. The summed E-state index contributed by atoms with van der Waals surface area (Å²) < 4.78 is 10.6. The van der Waals surface area contributed by atoms with E-state index in [0.29, 0.717) is 12.0 Å². The van der Waals surface area contributed by atoms with Gasteiger partial charge < -0.3 is 15.2 Å². The maximum absolute atomic E-state index is 12.2. The van der Waals surface area contributed by atoms with Gasteiger partial charge in [0.25, 0.3) is 0 Å². The fraction of sp³-hybridized carbons (Fsp3) is 0.167. The highest BCUT2D eigenvalue weighted by Gasteiger charge is 2.16. The average Bonchev–Trinajstić information content (AvgIpc) is 2.77. The highest BCUT2D eigenvalue weighted by atomic mass is 16.5. The molecule has 148 valence electrons. The van der Waals surface area contributed by atoms with Gasteiger partial charge in [0.2, 0.25) is 0 Å². The van der Waals surface area contributed by atoms with Crippen LogP contribution in [0.1, 0.15) is 27.0 Å². The van der Waals surface area contributed by atoms with E-state index in [2.05, 4.69) is 0 Å². The standard InChI is InChI=1S/C24H23NO4/c25-22(24(27)29-17-20-9-5-2-6-10-20)15-18-11-13-21(14-12-18)23(26)28-16-19-7-3-1-4-8-19/h1-14,22H,15-17,25H2. The van der Waals surface area contributed by atoms with Crippen LogP contribution in [0.3, 0.4) is 0 Å². The molecule has 0 bridgehead atoms. The quantitative estimate of drug-likeness (QED) is 0.595. The Kier molecular flexibility index (Phi) is 7.14. The van der Waals surface area contributed by atoms with Gasteiger partial charge in [-0.3, -0.25) is 4.79 Å². The zero-order valence-corrected chi connectivity index (χ0v) is 16.0. The highest BCUT2D eigenvalue weighted by molar-refractivity contribution is 5.89. The number of hydrogen-bond acceptors (Lipinski definition) is 5. The first-order valence-electron chi connectivity index (χ1n) is 9.38. The van der Waals surface area contributed by atoms with Crippen LogP contribution in [0, 0.1) is 0 Å². The number of rotatable bonds is 8. The highest BCUT2D eigenvalue weighted by Crippen LogP contribution is 2.11. The van der Waals surface area contributed by atoms with Crippen molar-refractivity contribution in [1.29, 1.82) is 0 Å². The number of hydrogen-bond donors (Lipinski definition) is 1. The van der Waals surface area contributed by atoms with Crippen LogP contribution in [0.15, 0.2) is 84.9 Å². The lowest BCUT2D eigenvalue weighted by molar-refractivity contribution is -0.146. The molecule has 0 aliphatic heterocycles. The first kappa shape index (κ1) is 20.3. The van der Waals surface area contributed by atoms with Crippen molar-refractivity contribution >= 4 is 11.9 Å². The largest absolute Gasteiger partial charge is 0.460 e. The molecule has 5 heteroatoms. The summed E-state index contributed by atoms with van der Waals surface area (Å²) >= 11 is 0. The average molecular weight is 389 g/mol. The van der Waals surface area contributed by atoms with Crippen LogP contribution < -0.4 is 5.73 Å². The monoisotopic (exact) mass is 389 g/mol. The molecule has 0 radical (unpaired) electrons. The SMILES string of the molecule is NC(Cc1ccc(C(=O)OCc2ccccc2)cc1)C(=O)OCc1ccccc1. The second kappa shape index (κ2) is 10.2. The van der Waals surface area contributed by atoms with Crippen molar-refractivity contribution < 1.29 is 19.1 Å². The molecule has 3 rings (SSSR count). The maximum Gasteiger partial charge on any atom is 0.338 e. The molecule has 1 unspecified atom stereocenters. The molecular formula is C24H23NO4. The molecule has 0 saturated carbocycles. The first-order chi connectivity index (χ1) is 14.1. The second-order valence-corrected chi connectivity index (χ2v) is 6.66. The van der Waals surface area contributed by atoms with Gasteiger partial charge in [-0.2, -0.15) is 0 Å². The van der Waals surface area contributed by atoms with E-state index in [4.69, 9.17) is 15.2 Å². The number of carbonyl (C=O) groups is 2. The van der Waals surface area contributed by atoms with Crippen molar-refractivity contribution in [3.63, 3.8) is 0 Å². The Labute approximate surface area is 170 Å². The van der Waals surface area contributed by atoms with E-state index in [9.17, 15) is 9.59 Å². The van der Waals surface area contributed by atoms with Crippen molar-refractivity contribution in [2.75, 3.05) is 0 Å². The molecule has 29 heavy (non-hydrogen) atoms. The zero-order chi connectivity index (χ0) is 20.5. The van der Waals surface area contributed by atoms with E-state index in [1.807, 2.05) is 60.7 Å². The minimum atomic E-state index is -0.769.